The van der Waals surface area contributed by atoms with Crippen LogP contribution in [0.1, 0.15) is 16.7 Å². The molecule has 0 amide bonds. The Balaban J connectivity index is 1.88. The number of rotatable bonds is 6. The number of anilines is 1. The van der Waals surface area contributed by atoms with E-state index in [1.54, 1.807) is 29.8 Å². The molecule has 154 valence electrons. The fraction of sp³-hybridized carbons (Fsp3) is 0.182. The highest BCUT2D eigenvalue weighted by molar-refractivity contribution is 7.93. The summed E-state index contributed by atoms with van der Waals surface area (Å²) in [6.07, 6.45) is 3.20. The van der Waals surface area contributed by atoms with Gasteiger partial charge in [-0.2, -0.15) is 0 Å². The molecule has 0 bridgehead atoms. The molecule has 7 nitrogen and oxygen atoms in total. The van der Waals surface area contributed by atoms with E-state index in [0.29, 0.717) is 11.4 Å². The van der Waals surface area contributed by atoms with Crippen molar-refractivity contribution in [3.8, 4) is 5.75 Å². The van der Waals surface area contributed by atoms with Gasteiger partial charge >= 0.3 is 0 Å². The maximum Gasteiger partial charge on any atom is 0.268 e. The number of aryl methyl sites for hydroxylation is 2. The lowest BCUT2D eigenvalue weighted by Gasteiger charge is -2.25. The second-order valence-electron chi connectivity index (χ2n) is 7.14. The van der Waals surface area contributed by atoms with E-state index in [4.69, 9.17) is 4.74 Å². The summed E-state index contributed by atoms with van der Waals surface area (Å²) in [6.45, 7) is 4.05. The Morgan fingerprint density at radius 2 is 1.80 bits per heavy atom. The van der Waals surface area contributed by atoms with Crippen LogP contribution in [-0.2, 0) is 16.6 Å². The van der Waals surface area contributed by atoms with E-state index in [-0.39, 0.29) is 17.1 Å². The van der Waals surface area contributed by atoms with Crippen LogP contribution in [0.15, 0.2) is 72.0 Å². The van der Waals surface area contributed by atoms with Crippen molar-refractivity contribution in [3.05, 3.63) is 83.8 Å². The molecule has 0 radical (unpaired) electrons. The number of sulfonamides is 1. The van der Waals surface area contributed by atoms with Crippen LogP contribution in [0.25, 0.3) is 5.65 Å². The van der Waals surface area contributed by atoms with Gasteiger partial charge in [-0.25, -0.2) is 8.42 Å². The first-order chi connectivity index (χ1) is 14.4. The zero-order chi connectivity index (χ0) is 21.3. The van der Waals surface area contributed by atoms with Crippen molar-refractivity contribution in [2.24, 2.45) is 0 Å². The number of aromatic nitrogens is 3. The number of hydrogen-bond donors (Lipinski definition) is 0. The number of nitrogens with zero attached hydrogens (tertiary/aromatic N) is 4. The van der Waals surface area contributed by atoms with Gasteiger partial charge in [0, 0.05) is 6.20 Å². The van der Waals surface area contributed by atoms with Crippen molar-refractivity contribution in [1.29, 1.82) is 0 Å². The van der Waals surface area contributed by atoms with E-state index in [1.807, 2.05) is 56.3 Å². The van der Waals surface area contributed by atoms with Gasteiger partial charge in [-0.1, -0.05) is 18.2 Å². The highest BCUT2D eigenvalue weighted by atomic mass is 32.2. The second-order valence-corrected chi connectivity index (χ2v) is 8.97. The molecule has 2 aromatic carbocycles. The van der Waals surface area contributed by atoms with Crippen molar-refractivity contribution in [1.82, 2.24) is 14.6 Å². The summed E-state index contributed by atoms with van der Waals surface area (Å²) in [4.78, 5) is 0.101. The lowest BCUT2D eigenvalue weighted by molar-refractivity contribution is 0.414. The number of hydrogen-bond acceptors (Lipinski definition) is 5. The monoisotopic (exact) mass is 422 g/mol. The van der Waals surface area contributed by atoms with E-state index in [1.165, 1.54) is 10.6 Å². The molecule has 8 heteroatoms. The van der Waals surface area contributed by atoms with Crippen molar-refractivity contribution in [2.75, 3.05) is 11.4 Å². The molecule has 0 spiro atoms. The minimum atomic E-state index is -3.93. The zero-order valence-electron chi connectivity index (χ0n) is 17.0. The van der Waals surface area contributed by atoms with Gasteiger partial charge < -0.3 is 4.74 Å². The maximum absolute atomic E-state index is 13.8. The van der Waals surface area contributed by atoms with E-state index >= 15 is 0 Å². The number of ether oxygens (including phenoxy) is 1. The largest absolute Gasteiger partial charge is 0.497 e. The average Bonchev–Trinajstić information content (AvgIpc) is 3.20. The maximum atomic E-state index is 13.8. The Kier molecular flexibility index (Phi) is 5.17. The minimum Gasteiger partial charge on any atom is -0.497 e. The van der Waals surface area contributed by atoms with Crippen LogP contribution in [0.4, 0.5) is 5.69 Å². The Morgan fingerprint density at radius 1 is 1.03 bits per heavy atom. The molecule has 0 atom stereocenters. The van der Waals surface area contributed by atoms with Gasteiger partial charge in [0.05, 0.1) is 19.3 Å². The molecule has 0 N–H and O–H groups in total. The number of benzene rings is 2. The normalized spacial score (nSPS) is 11.6. The van der Waals surface area contributed by atoms with Gasteiger partial charge in [0.15, 0.2) is 5.65 Å². The van der Waals surface area contributed by atoms with Crippen LogP contribution in [0.2, 0.25) is 0 Å². The molecular weight excluding hydrogens is 400 g/mol. The molecular formula is C22H22N4O3S. The lowest BCUT2D eigenvalue weighted by atomic mass is 10.1. The molecule has 0 fully saturated rings. The highest BCUT2D eigenvalue weighted by Gasteiger charge is 2.28. The van der Waals surface area contributed by atoms with Gasteiger partial charge in [0.25, 0.3) is 10.0 Å². The van der Waals surface area contributed by atoms with Gasteiger partial charge in [0.1, 0.15) is 17.0 Å². The molecule has 2 aromatic heterocycles. The minimum absolute atomic E-state index is 0.101. The van der Waals surface area contributed by atoms with Crippen LogP contribution in [0.5, 0.6) is 5.75 Å². The molecule has 0 aliphatic heterocycles. The van der Waals surface area contributed by atoms with E-state index in [2.05, 4.69) is 10.2 Å². The van der Waals surface area contributed by atoms with E-state index < -0.39 is 10.0 Å². The number of methoxy groups -OCH3 is 1. The second kappa shape index (κ2) is 7.79. The standard InChI is InChI=1S/C22H22N4O3S/c1-16-10-17(2)12-19(11-16)26(14-18-6-4-7-20(13-18)29-3)30(27,28)21-8-5-9-25-15-23-24-22(21)25/h4-13,15H,14H2,1-3H3. The van der Waals surface area contributed by atoms with Gasteiger partial charge in [-0.15, -0.1) is 10.2 Å². The molecule has 0 unspecified atom stereocenters. The molecule has 0 saturated heterocycles. The molecule has 4 aromatic rings. The fourth-order valence-corrected chi connectivity index (χ4v) is 5.06. The lowest BCUT2D eigenvalue weighted by Crippen LogP contribution is -2.31. The van der Waals surface area contributed by atoms with Crippen molar-refractivity contribution < 1.29 is 13.2 Å². The third-order valence-electron chi connectivity index (χ3n) is 4.81. The quantitative estimate of drug-likeness (QED) is 0.473. The summed E-state index contributed by atoms with van der Waals surface area (Å²) in [6, 6.07) is 16.4. The molecule has 0 aliphatic carbocycles. The summed E-state index contributed by atoms with van der Waals surface area (Å²) < 4.78 is 36.0. The predicted molar refractivity (Wildman–Crippen MR) is 115 cm³/mol. The Bertz CT molecular complexity index is 1290. The van der Waals surface area contributed by atoms with Gasteiger partial charge in [0.2, 0.25) is 0 Å². The van der Waals surface area contributed by atoms with Crippen molar-refractivity contribution in [3.63, 3.8) is 0 Å². The summed E-state index contributed by atoms with van der Waals surface area (Å²) in [5.74, 6) is 0.671. The third kappa shape index (κ3) is 3.73. The first kappa shape index (κ1) is 19.9. The van der Waals surface area contributed by atoms with Crippen LogP contribution >= 0.6 is 0 Å². The SMILES string of the molecule is COc1cccc(CN(c2cc(C)cc(C)c2)S(=O)(=O)c2cccn3cnnc23)c1. The van der Waals surface area contributed by atoms with Crippen molar-refractivity contribution >= 4 is 21.4 Å². The van der Waals surface area contributed by atoms with E-state index in [0.717, 1.165) is 16.7 Å². The van der Waals surface area contributed by atoms with Crippen LogP contribution < -0.4 is 9.04 Å². The third-order valence-corrected chi connectivity index (χ3v) is 6.61. The molecule has 2 heterocycles. The number of fused-ring (bicyclic) bond motifs is 1. The summed E-state index contributed by atoms with van der Waals surface area (Å²) in [5, 5.41) is 7.87. The van der Waals surface area contributed by atoms with Gasteiger partial charge in [-0.3, -0.25) is 8.71 Å². The molecule has 30 heavy (non-hydrogen) atoms. The molecule has 0 saturated carbocycles. The van der Waals surface area contributed by atoms with Crippen LogP contribution in [0, 0.1) is 13.8 Å². The smallest absolute Gasteiger partial charge is 0.268 e. The Labute approximate surface area is 175 Å². The first-order valence-corrected chi connectivity index (χ1v) is 10.8. The Morgan fingerprint density at radius 3 is 2.53 bits per heavy atom. The first-order valence-electron chi connectivity index (χ1n) is 9.41. The summed E-state index contributed by atoms with van der Waals surface area (Å²) >= 11 is 0. The molecule has 0 aliphatic rings. The number of pyridine rings is 1. The average molecular weight is 423 g/mol. The van der Waals surface area contributed by atoms with Gasteiger partial charge in [-0.05, 0) is 66.9 Å². The summed E-state index contributed by atoms with van der Waals surface area (Å²) in [7, 11) is -2.35. The molecule has 4 rings (SSSR count). The summed E-state index contributed by atoms with van der Waals surface area (Å²) in [5.41, 5.74) is 3.66. The fourth-order valence-electron chi connectivity index (χ4n) is 3.49. The van der Waals surface area contributed by atoms with Crippen LogP contribution in [0.3, 0.4) is 0 Å². The zero-order valence-corrected chi connectivity index (χ0v) is 17.8. The predicted octanol–water partition coefficient (Wildman–Crippen LogP) is 3.75. The topological polar surface area (TPSA) is 76.8 Å². The van der Waals surface area contributed by atoms with Crippen molar-refractivity contribution in [2.45, 2.75) is 25.3 Å². The Hall–Kier alpha value is -3.39. The van der Waals surface area contributed by atoms with Crippen LogP contribution in [-0.4, -0.2) is 30.1 Å². The van der Waals surface area contributed by atoms with E-state index in [9.17, 15) is 8.42 Å². The highest BCUT2D eigenvalue weighted by Crippen LogP contribution is 2.30.